The Morgan fingerprint density at radius 2 is 1.96 bits per heavy atom. The number of fused-ring (bicyclic) bond motifs is 1. The van der Waals surface area contributed by atoms with Gasteiger partial charge in [-0.2, -0.15) is 0 Å². The fraction of sp³-hybridized carbons (Fsp3) is 0.250. The maximum atomic E-state index is 5.39. The van der Waals surface area contributed by atoms with E-state index < -0.39 is 0 Å². The highest BCUT2D eigenvalue weighted by atomic mass is 127. The third kappa shape index (κ3) is 3.11. The normalized spacial score (nSPS) is 15.1. The second kappa shape index (κ2) is 6.32. The summed E-state index contributed by atoms with van der Waals surface area (Å²) in [5.41, 5.74) is 4.08. The van der Waals surface area contributed by atoms with Crippen molar-refractivity contribution in [2.75, 3.05) is 36.5 Å². The number of aromatic nitrogens is 3. The molecule has 0 radical (unpaired) electrons. The first-order valence-corrected chi connectivity index (χ1v) is 8.57. The van der Waals surface area contributed by atoms with Gasteiger partial charge in [0.1, 0.15) is 5.52 Å². The number of anilines is 3. The number of aromatic amines is 1. The minimum absolute atomic E-state index is 0.606. The van der Waals surface area contributed by atoms with Crippen LogP contribution in [0, 0.1) is 3.57 Å². The predicted molar refractivity (Wildman–Crippen MR) is 99.4 cm³/mol. The standard InChI is InChI=1S/C16H16IN5O/c17-13-9-18-14-10-19-16(21-15(13)14)20-11-1-3-12(4-2-11)22-5-7-23-8-6-22/h1-4,9-10,18H,5-8H2,(H,19,20,21). The van der Waals surface area contributed by atoms with Gasteiger partial charge in [-0.25, -0.2) is 9.97 Å². The summed E-state index contributed by atoms with van der Waals surface area (Å²) < 4.78 is 6.48. The summed E-state index contributed by atoms with van der Waals surface area (Å²) in [4.78, 5) is 14.4. The summed E-state index contributed by atoms with van der Waals surface area (Å²) >= 11 is 2.26. The summed E-state index contributed by atoms with van der Waals surface area (Å²) in [7, 11) is 0. The van der Waals surface area contributed by atoms with Gasteiger partial charge in [0, 0.05) is 30.7 Å². The van der Waals surface area contributed by atoms with E-state index in [-0.39, 0.29) is 0 Å². The average molecular weight is 421 g/mol. The lowest BCUT2D eigenvalue weighted by molar-refractivity contribution is 0.122. The van der Waals surface area contributed by atoms with E-state index in [0.29, 0.717) is 5.95 Å². The fourth-order valence-electron chi connectivity index (χ4n) is 2.65. The van der Waals surface area contributed by atoms with Gasteiger partial charge in [-0.05, 0) is 46.9 Å². The van der Waals surface area contributed by atoms with Gasteiger partial charge in [-0.3, -0.25) is 0 Å². The van der Waals surface area contributed by atoms with Crippen molar-refractivity contribution in [2.45, 2.75) is 0 Å². The van der Waals surface area contributed by atoms with Crippen molar-refractivity contribution in [3.8, 4) is 0 Å². The molecule has 0 amide bonds. The molecule has 1 aliphatic rings. The molecule has 3 aromatic rings. The Bertz CT molecular complexity index is 811. The van der Waals surface area contributed by atoms with E-state index >= 15 is 0 Å². The van der Waals surface area contributed by atoms with Gasteiger partial charge < -0.3 is 19.9 Å². The van der Waals surface area contributed by atoms with Crippen molar-refractivity contribution in [1.82, 2.24) is 15.0 Å². The van der Waals surface area contributed by atoms with Gasteiger partial charge in [0.2, 0.25) is 5.95 Å². The third-order valence-electron chi connectivity index (χ3n) is 3.87. The maximum absolute atomic E-state index is 5.39. The Morgan fingerprint density at radius 3 is 2.74 bits per heavy atom. The molecule has 1 aliphatic heterocycles. The lowest BCUT2D eigenvalue weighted by Gasteiger charge is -2.28. The number of H-pyrrole nitrogens is 1. The van der Waals surface area contributed by atoms with E-state index in [0.717, 1.165) is 46.6 Å². The number of hydrogen-bond donors (Lipinski definition) is 2. The lowest BCUT2D eigenvalue weighted by atomic mass is 10.2. The van der Waals surface area contributed by atoms with Crippen LogP contribution in [0.5, 0.6) is 0 Å². The van der Waals surface area contributed by atoms with E-state index in [4.69, 9.17) is 4.74 Å². The quantitative estimate of drug-likeness (QED) is 0.637. The Hall–Kier alpha value is -1.87. The third-order valence-corrected chi connectivity index (χ3v) is 4.69. The second-order valence-corrected chi connectivity index (χ2v) is 6.53. The number of ether oxygens (including phenoxy) is 1. The van der Waals surface area contributed by atoms with Gasteiger partial charge in [-0.1, -0.05) is 0 Å². The van der Waals surface area contributed by atoms with Gasteiger partial charge in [0.05, 0.1) is 28.5 Å². The number of morpholine rings is 1. The van der Waals surface area contributed by atoms with Crippen LogP contribution in [0.3, 0.4) is 0 Å². The zero-order valence-corrected chi connectivity index (χ0v) is 14.6. The molecule has 7 heteroatoms. The molecular weight excluding hydrogens is 405 g/mol. The molecule has 4 rings (SSSR count). The molecule has 1 aromatic carbocycles. The van der Waals surface area contributed by atoms with Crippen LogP contribution in [0.1, 0.15) is 0 Å². The summed E-state index contributed by atoms with van der Waals surface area (Å²) in [6.07, 6.45) is 3.73. The summed E-state index contributed by atoms with van der Waals surface area (Å²) in [6.45, 7) is 3.48. The van der Waals surface area contributed by atoms with Crippen molar-refractivity contribution in [3.05, 3.63) is 40.2 Å². The van der Waals surface area contributed by atoms with Crippen LogP contribution in [0.2, 0.25) is 0 Å². The molecular formula is C16H16IN5O. The number of hydrogen-bond acceptors (Lipinski definition) is 5. The van der Waals surface area contributed by atoms with Crippen LogP contribution in [-0.4, -0.2) is 41.3 Å². The monoisotopic (exact) mass is 421 g/mol. The first-order chi connectivity index (χ1) is 11.3. The average Bonchev–Trinajstić information content (AvgIpc) is 2.97. The number of nitrogens with one attached hydrogen (secondary N) is 2. The topological polar surface area (TPSA) is 66.1 Å². The molecule has 1 saturated heterocycles. The molecule has 23 heavy (non-hydrogen) atoms. The molecule has 0 spiro atoms. The highest BCUT2D eigenvalue weighted by molar-refractivity contribution is 14.1. The fourth-order valence-corrected chi connectivity index (χ4v) is 3.21. The molecule has 3 heterocycles. The molecule has 0 atom stereocenters. The van der Waals surface area contributed by atoms with Crippen molar-refractivity contribution in [2.24, 2.45) is 0 Å². The van der Waals surface area contributed by atoms with E-state index in [1.54, 1.807) is 6.20 Å². The highest BCUT2D eigenvalue weighted by Crippen LogP contribution is 2.22. The second-order valence-electron chi connectivity index (χ2n) is 5.36. The zero-order valence-electron chi connectivity index (χ0n) is 12.4. The van der Waals surface area contributed by atoms with E-state index in [1.165, 1.54) is 5.69 Å². The summed E-state index contributed by atoms with van der Waals surface area (Å²) in [6, 6.07) is 8.35. The van der Waals surface area contributed by atoms with E-state index in [2.05, 4.69) is 72.0 Å². The number of halogens is 1. The van der Waals surface area contributed by atoms with Crippen molar-refractivity contribution >= 4 is 50.9 Å². The predicted octanol–water partition coefficient (Wildman–Crippen LogP) is 3.14. The van der Waals surface area contributed by atoms with Crippen LogP contribution in [0.4, 0.5) is 17.3 Å². The van der Waals surface area contributed by atoms with Crippen LogP contribution in [0.15, 0.2) is 36.7 Å². The zero-order chi connectivity index (χ0) is 15.6. The first-order valence-electron chi connectivity index (χ1n) is 7.49. The number of nitrogens with zero attached hydrogens (tertiary/aromatic N) is 3. The SMILES string of the molecule is Ic1c[nH]c2cnc(Nc3ccc(N4CCOCC4)cc3)nc12. The van der Waals surface area contributed by atoms with Gasteiger partial charge in [0.25, 0.3) is 0 Å². The van der Waals surface area contributed by atoms with Gasteiger partial charge in [-0.15, -0.1) is 0 Å². The van der Waals surface area contributed by atoms with Crippen molar-refractivity contribution < 1.29 is 4.74 Å². The summed E-state index contributed by atoms with van der Waals surface area (Å²) in [5.74, 6) is 0.606. The van der Waals surface area contributed by atoms with Crippen LogP contribution in [-0.2, 0) is 4.74 Å². The van der Waals surface area contributed by atoms with Crippen LogP contribution < -0.4 is 10.2 Å². The highest BCUT2D eigenvalue weighted by Gasteiger charge is 2.11. The minimum Gasteiger partial charge on any atom is -0.378 e. The van der Waals surface area contributed by atoms with Crippen LogP contribution >= 0.6 is 22.6 Å². The Balaban J connectivity index is 1.52. The Labute approximate surface area is 147 Å². The van der Waals surface area contributed by atoms with E-state index in [1.807, 2.05) is 6.20 Å². The molecule has 2 N–H and O–H groups in total. The van der Waals surface area contributed by atoms with Gasteiger partial charge in [0.15, 0.2) is 0 Å². The molecule has 0 unspecified atom stereocenters. The maximum Gasteiger partial charge on any atom is 0.227 e. The Morgan fingerprint density at radius 1 is 1.17 bits per heavy atom. The van der Waals surface area contributed by atoms with Gasteiger partial charge >= 0.3 is 0 Å². The van der Waals surface area contributed by atoms with Crippen LogP contribution in [0.25, 0.3) is 11.0 Å². The molecule has 1 fully saturated rings. The molecule has 0 saturated carbocycles. The van der Waals surface area contributed by atoms with E-state index in [9.17, 15) is 0 Å². The summed E-state index contributed by atoms with van der Waals surface area (Å²) in [5, 5.41) is 3.26. The molecule has 2 aromatic heterocycles. The smallest absolute Gasteiger partial charge is 0.227 e. The largest absolute Gasteiger partial charge is 0.378 e. The molecule has 0 aliphatic carbocycles. The molecule has 6 nitrogen and oxygen atoms in total. The van der Waals surface area contributed by atoms with Crippen molar-refractivity contribution in [1.29, 1.82) is 0 Å². The lowest BCUT2D eigenvalue weighted by Crippen LogP contribution is -2.36. The Kier molecular flexibility index (Phi) is 4.04. The van der Waals surface area contributed by atoms with Crippen molar-refractivity contribution in [3.63, 3.8) is 0 Å². The number of rotatable bonds is 3. The number of benzene rings is 1. The first kappa shape index (κ1) is 14.7. The minimum atomic E-state index is 0.606. The molecule has 0 bridgehead atoms. The molecule has 118 valence electrons.